The van der Waals surface area contributed by atoms with Crippen LogP contribution in [0, 0.1) is 25.6 Å². The second-order valence-corrected chi connectivity index (χ2v) is 5.59. The van der Waals surface area contributed by atoms with E-state index in [1.807, 2.05) is 26.0 Å². The van der Waals surface area contributed by atoms with Gasteiger partial charge in [0, 0.05) is 26.2 Å². The standard InChI is InChI=1S/C15H23FN2/c1-11-8-17-4-5-18(9-11)10-14-6-12(2)15(16)13(3)7-14/h6-7,11,17H,4-5,8-10H2,1-3H3. The summed E-state index contributed by atoms with van der Waals surface area (Å²) < 4.78 is 13.6. The van der Waals surface area contributed by atoms with E-state index in [-0.39, 0.29) is 5.82 Å². The number of benzene rings is 1. The lowest BCUT2D eigenvalue weighted by atomic mass is 10.1. The maximum atomic E-state index is 13.6. The molecule has 100 valence electrons. The van der Waals surface area contributed by atoms with E-state index in [0.29, 0.717) is 5.92 Å². The Hall–Kier alpha value is -0.930. The number of aryl methyl sites for hydroxylation is 2. The van der Waals surface area contributed by atoms with Crippen molar-refractivity contribution < 1.29 is 4.39 Å². The van der Waals surface area contributed by atoms with Crippen molar-refractivity contribution in [3.05, 3.63) is 34.6 Å². The Labute approximate surface area is 109 Å². The maximum Gasteiger partial charge on any atom is 0.129 e. The molecule has 1 heterocycles. The van der Waals surface area contributed by atoms with E-state index in [1.165, 1.54) is 5.56 Å². The first-order valence-corrected chi connectivity index (χ1v) is 6.75. The molecule has 2 nitrogen and oxygen atoms in total. The lowest BCUT2D eigenvalue weighted by Gasteiger charge is -2.22. The van der Waals surface area contributed by atoms with Gasteiger partial charge in [-0.05, 0) is 43.0 Å². The molecular weight excluding hydrogens is 227 g/mol. The lowest BCUT2D eigenvalue weighted by molar-refractivity contribution is 0.256. The number of nitrogens with one attached hydrogen (secondary N) is 1. The zero-order chi connectivity index (χ0) is 13.1. The Morgan fingerprint density at radius 3 is 2.67 bits per heavy atom. The van der Waals surface area contributed by atoms with Crippen molar-refractivity contribution in [2.45, 2.75) is 27.3 Å². The van der Waals surface area contributed by atoms with E-state index in [1.54, 1.807) is 0 Å². The summed E-state index contributed by atoms with van der Waals surface area (Å²) in [5.41, 5.74) is 2.73. The molecule has 1 aliphatic heterocycles. The van der Waals surface area contributed by atoms with E-state index >= 15 is 0 Å². The summed E-state index contributed by atoms with van der Waals surface area (Å²) >= 11 is 0. The Morgan fingerprint density at radius 1 is 1.33 bits per heavy atom. The monoisotopic (exact) mass is 250 g/mol. The summed E-state index contributed by atoms with van der Waals surface area (Å²) in [6.07, 6.45) is 0. The van der Waals surface area contributed by atoms with Crippen molar-refractivity contribution in [2.75, 3.05) is 26.2 Å². The second kappa shape index (κ2) is 5.81. The van der Waals surface area contributed by atoms with Crippen LogP contribution in [0.4, 0.5) is 4.39 Å². The average Bonchev–Trinajstić information content (AvgIpc) is 2.50. The highest BCUT2D eigenvalue weighted by atomic mass is 19.1. The molecule has 18 heavy (non-hydrogen) atoms. The SMILES string of the molecule is Cc1cc(CN2CCNCC(C)C2)cc(C)c1F. The van der Waals surface area contributed by atoms with Crippen molar-refractivity contribution in [3.8, 4) is 0 Å². The number of rotatable bonds is 2. The Bertz CT molecular complexity index is 394. The van der Waals surface area contributed by atoms with E-state index in [9.17, 15) is 4.39 Å². The normalized spacial score (nSPS) is 21.9. The van der Waals surface area contributed by atoms with Gasteiger partial charge in [-0.2, -0.15) is 0 Å². The molecule has 0 saturated carbocycles. The molecule has 1 aromatic rings. The van der Waals surface area contributed by atoms with Crippen LogP contribution in [0.3, 0.4) is 0 Å². The highest BCUT2D eigenvalue weighted by Crippen LogP contribution is 2.17. The first-order chi connectivity index (χ1) is 8.56. The van der Waals surface area contributed by atoms with Gasteiger partial charge in [0.05, 0.1) is 0 Å². The molecule has 0 amide bonds. The Morgan fingerprint density at radius 2 is 2.00 bits per heavy atom. The highest BCUT2D eigenvalue weighted by Gasteiger charge is 2.15. The van der Waals surface area contributed by atoms with Crippen LogP contribution < -0.4 is 5.32 Å². The predicted octanol–water partition coefficient (Wildman–Crippen LogP) is 2.48. The van der Waals surface area contributed by atoms with E-state index in [4.69, 9.17) is 0 Å². The van der Waals surface area contributed by atoms with Crippen molar-refractivity contribution in [2.24, 2.45) is 5.92 Å². The summed E-state index contributed by atoms with van der Waals surface area (Å²) in [5, 5.41) is 3.44. The highest BCUT2D eigenvalue weighted by molar-refractivity contribution is 5.30. The molecule has 3 heteroatoms. The predicted molar refractivity (Wildman–Crippen MR) is 73.2 cm³/mol. The summed E-state index contributed by atoms with van der Waals surface area (Å²) in [7, 11) is 0. The van der Waals surface area contributed by atoms with Gasteiger partial charge in [0.25, 0.3) is 0 Å². The second-order valence-electron chi connectivity index (χ2n) is 5.59. The first kappa shape index (κ1) is 13.5. The fourth-order valence-corrected chi connectivity index (χ4v) is 2.71. The Balaban J connectivity index is 2.08. The van der Waals surface area contributed by atoms with Crippen LogP contribution in [0.25, 0.3) is 0 Å². The van der Waals surface area contributed by atoms with Crippen LogP contribution in [0.15, 0.2) is 12.1 Å². The van der Waals surface area contributed by atoms with Crippen molar-refractivity contribution in [3.63, 3.8) is 0 Å². The van der Waals surface area contributed by atoms with Gasteiger partial charge in [0.15, 0.2) is 0 Å². The summed E-state index contributed by atoms with van der Waals surface area (Å²) in [6, 6.07) is 3.96. The fourth-order valence-electron chi connectivity index (χ4n) is 2.71. The quantitative estimate of drug-likeness (QED) is 0.867. The number of nitrogens with zero attached hydrogens (tertiary/aromatic N) is 1. The molecule has 0 bridgehead atoms. The minimum absolute atomic E-state index is 0.0651. The average molecular weight is 250 g/mol. The van der Waals surface area contributed by atoms with Crippen LogP contribution in [0.2, 0.25) is 0 Å². The molecule has 1 saturated heterocycles. The van der Waals surface area contributed by atoms with Gasteiger partial charge >= 0.3 is 0 Å². The first-order valence-electron chi connectivity index (χ1n) is 6.75. The van der Waals surface area contributed by atoms with E-state index in [2.05, 4.69) is 17.1 Å². The zero-order valence-corrected chi connectivity index (χ0v) is 11.6. The number of hydrogen-bond donors (Lipinski definition) is 1. The van der Waals surface area contributed by atoms with Crippen molar-refractivity contribution >= 4 is 0 Å². The third-order valence-corrected chi connectivity index (χ3v) is 3.57. The smallest absolute Gasteiger partial charge is 0.129 e. The maximum absolute atomic E-state index is 13.6. The van der Waals surface area contributed by atoms with Crippen LogP contribution >= 0.6 is 0 Å². The van der Waals surface area contributed by atoms with Crippen molar-refractivity contribution in [1.82, 2.24) is 10.2 Å². The van der Waals surface area contributed by atoms with Gasteiger partial charge in [-0.15, -0.1) is 0 Å². The van der Waals surface area contributed by atoms with Crippen LogP contribution in [-0.4, -0.2) is 31.1 Å². The molecule has 1 N–H and O–H groups in total. The van der Waals surface area contributed by atoms with Crippen molar-refractivity contribution in [1.29, 1.82) is 0 Å². The minimum Gasteiger partial charge on any atom is -0.315 e. The van der Waals surface area contributed by atoms with Gasteiger partial charge in [-0.3, -0.25) is 4.90 Å². The third-order valence-electron chi connectivity index (χ3n) is 3.57. The van der Waals surface area contributed by atoms with Gasteiger partial charge in [-0.1, -0.05) is 19.1 Å². The minimum atomic E-state index is -0.0651. The topological polar surface area (TPSA) is 15.3 Å². The Kier molecular flexibility index (Phi) is 4.36. The molecule has 0 spiro atoms. The van der Waals surface area contributed by atoms with Crippen LogP contribution in [0.1, 0.15) is 23.6 Å². The third kappa shape index (κ3) is 3.30. The summed E-state index contributed by atoms with van der Waals surface area (Å²) in [4.78, 5) is 2.46. The molecule has 1 aromatic carbocycles. The molecule has 1 unspecified atom stereocenters. The molecule has 1 aliphatic rings. The van der Waals surface area contributed by atoms with Gasteiger partial charge in [0.1, 0.15) is 5.82 Å². The molecule has 0 radical (unpaired) electrons. The summed E-state index contributed by atoms with van der Waals surface area (Å²) in [5.74, 6) is 0.611. The molecule has 0 aromatic heterocycles. The number of halogens is 1. The zero-order valence-electron chi connectivity index (χ0n) is 11.6. The van der Waals surface area contributed by atoms with Crippen LogP contribution in [-0.2, 0) is 6.54 Å². The van der Waals surface area contributed by atoms with Crippen LogP contribution in [0.5, 0.6) is 0 Å². The summed E-state index contributed by atoms with van der Waals surface area (Å²) in [6.45, 7) is 11.2. The van der Waals surface area contributed by atoms with E-state index in [0.717, 1.165) is 43.9 Å². The molecule has 2 rings (SSSR count). The molecule has 0 aliphatic carbocycles. The number of hydrogen-bond acceptors (Lipinski definition) is 2. The molecule has 1 atom stereocenters. The molecular formula is C15H23FN2. The molecule has 1 fully saturated rings. The fraction of sp³-hybridized carbons (Fsp3) is 0.600. The lowest BCUT2D eigenvalue weighted by Crippen LogP contribution is -2.29. The van der Waals surface area contributed by atoms with Gasteiger partial charge < -0.3 is 5.32 Å². The largest absolute Gasteiger partial charge is 0.315 e. The van der Waals surface area contributed by atoms with E-state index < -0.39 is 0 Å². The van der Waals surface area contributed by atoms with Gasteiger partial charge in [0.2, 0.25) is 0 Å². The van der Waals surface area contributed by atoms with Gasteiger partial charge in [-0.25, -0.2) is 4.39 Å².